The maximum atomic E-state index is 13.4. The number of rotatable bonds is 13. The molecule has 0 bridgehead atoms. The molecule has 1 N–H and O–H groups in total. The fourth-order valence-corrected chi connectivity index (χ4v) is 7.01. The van der Waals surface area contributed by atoms with E-state index in [4.69, 9.17) is 0 Å². The Hall–Kier alpha value is -3.68. The summed E-state index contributed by atoms with van der Waals surface area (Å²) in [5.41, 5.74) is 2.30. The first-order valence-corrected chi connectivity index (χ1v) is 16.3. The van der Waals surface area contributed by atoms with Gasteiger partial charge in [-0.2, -0.15) is 0 Å². The van der Waals surface area contributed by atoms with Gasteiger partial charge in [-0.15, -0.1) is 0 Å². The first-order valence-electron chi connectivity index (χ1n) is 16.3. The van der Waals surface area contributed by atoms with Gasteiger partial charge < -0.3 is 20.0 Å². The third kappa shape index (κ3) is 8.24. The van der Waals surface area contributed by atoms with Crippen molar-refractivity contribution in [3.8, 4) is 0 Å². The van der Waals surface area contributed by atoms with Crippen molar-refractivity contribution in [2.24, 2.45) is 5.92 Å². The lowest BCUT2D eigenvalue weighted by atomic mass is 9.86. The van der Waals surface area contributed by atoms with Crippen LogP contribution in [-0.4, -0.2) is 83.1 Å². The lowest BCUT2D eigenvalue weighted by Crippen LogP contribution is -2.60. The Labute approximate surface area is 255 Å². The van der Waals surface area contributed by atoms with Crippen LogP contribution in [0.5, 0.6) is 0 Å². The van der Waals surface area contributed by atoms with Gasteiger partial charge in [-0.1, -0.05) is 92.8 Å². The van der Waals surface area contributed by atoms with Crippen molar-refractivity contribution in [1.82, 2.24) is 20.0 Å². The minimum atomic E-state index is -0.501. The average molecular weight is 587 g/mol. The summed E-state index contributed by atoms with van der Waals surface area (Å²) in [6.07, 6.45) is 11.0. The molecule has 2 aliphatic heterocycles. The Morgan fingerprint density at radius 2 is 1.33 bits per heavy atom. The van der Waals surface area contributed by atoms with E-state index in [0.29, 0.717) is 51.5 Å². The smallest absolute Gasteiger partial charge is 0.312 e. The van der Waals surface area contributed by atoms with Gasteiger partial charge in [0.15, 0.2) is 0 Å². The van der Waals surface area contributed by atoms with Gasteiger partial charge in [0.2, 0.25) is 0 Å². The van der Waals surface area contributed by atoms with Crippen molar-refractivity contribution in [1.29, 1.82) is 0 Å². The number of carbonyl (C=O) groups excluding carboxylic acids is 4. The van der Waals surface area contributed by atoms with Crippen molar-refractivity contribution >= 4 is 23.6 Å². The number of benzene rings is 2. The van der Waals surface area contributed by atoms with Crippen molar-refractivity contribution < 1.29 is 19.2 Å². The summed E-state index contributed by atoms with van der Waals surface area (Å²) in [5, 5.41) is 2.77. The van der Waals surface area contributed by atoms with Gasteiger partial charge in [0.25, 0.3) is 0 Å². The number of amides is 4. The molecule has 0 aromatic heterocycles. The molecule has 8 nitrogen and oxygen atoms in total. The van der Waals surface area contributed by atoms with Crippen LogP contribution < -0.4 is 5.32 Å². The van der Waals surface area contributed by atoms with E-state index < -0.39 is 23.6 Å². The topological polar surface area (TPSA) is 90.0 Å². The fourth-order valence-electron chi connectivity index (χ4n) is 7.01. The molecular formula is C35H46N4O4. The van der Waals surface area contributed by atoms with Gasteiger partial charge in [0, 0.05) is 38.8 Å². The number of hydrogen-bond acceptors (Lipinski definition) is 4. The van der Waals surface area contributed by atoms with E-state index in [9.17, 15) is 19.2 Å². The maximum Gasteiger partial charge on any atom is 0.312 e. The summed E-state index contributed by atoms with van der Waals surface area (Å²) in [6.45, 7) is 2.65. The molecule has 1 saturated carbocycles. The molecule has 4 amide bonds. The highest BCUT2D eigenvalue weighted by atomic mass is 16.2. The van der Waals surface area contributed by atoms with Crippen LogP contribution in [0.1, 0.15) is 68.9 Å². The van der Waals surface area contributed by atoms with Crippen molar-refractivity contribution in [2.75, 3.05) is 32.7 Å². The number of carbonyl (C=O) groups is 4. The molecule has 0 radical (unpaired) electrons. The molecule has 43 heavy (non-hydrogen) atoms. The van der Waals surface area contributed by atoms with E-state index in [0.717, 1.165) is 36.8 Å². The summed E-state index contributed by atoms with van der Waals surface area (Å²) in [5.74, 6) is -1.11. The molecule has 0 spiro atoms. The van der Waals surface area contributed by atoms with Crippen LogP contribution in [0.4, 0.5) is 0 Å². The number of piperazine rings is 2. The van der Waals surface area contributed by atoms with Crippen molar-refractivity contribution in [3.63, 3.8) is 0 Å². The van der Waals surface area contributed by atoms with Crippen molar-refractivity contribution in [2.45, 2.75) is 82.7 Å². The summed E-state index contributed by atoms with van der Waals surface area (Å²) in [6, 6.07) is 20.1. The maximum absolute atomic E-state index is 13.4. The highest BCUT2D eigenvalue weighted by molar-refractivity contribution is 6.36. The molecular weight excluding hydrogens is 540 g/mol. The molecule has 2 heterocycles. The zero-order valence-corrected chi connectivity index (χ0v) is 25.3. The lowest BCUT2D eigenvalue weighted by Gasteiger charge is -2.41. The second-order valence-corrected chi connectivity index (χ2v) is 12.5. The van der Waals surface area contributed by atoms with E-state index in [1.165, 1.54) is 32.1 Å². The molecule has 5 rings (SSSR count). The van der Waals surface area contributed by atoms with Crippen LogP contribution in [0, 0.1) is 5.92 Å². The highest BCUT2D eigenvalue weighted by Crippen LogP contribution is 2.27. The van der Waals surface area contributed by atoms with Gasteiger partial charge >= 0.3 is 23.6 Å². The molecule has 2 aromatic carbocycles. The second kappa shape index (κ2) is 15.2. The van der Waals surface area contributed by atoms with Crippen LogP contribution in [0.15, 0.2) is 60.7 Å². The third-order valence-electron chi connectivity index (χ3n) is 9.51. The van der Waals surface area contributed by atoms with Crippen LogP contribution in [0.3, 0.4) is 0 Å². The van der Waals surface area contributed by atoms with Crippen molar-refractivity contribution in [3.05, 3.63) is 71.8 Å². The Kier molecular flexibility index (Phi) is 10.9. The minimum absolute atomic E-state index is 0.0215. The second-order valence-electron chi connectivity index (χ2n) is 12.5. The molecule has 0 unspecified atom stereocenters. The molecule has 1 aliphatic carbocycles. The fraction of sp³-hybridized carbons (Fsp3) is 0.543. The van der Waals surface area contributed by atoms with E-state index in [-0.39, 0.29) is 12.1 Å². The Bertz CT molecular complexity index is 1230. The van der Waals surface area contributed by atoms with E-state index in [1.54, 1.807) is 14.7 Å². The highest BCUT2D eigenvalue weighted by Gasteiger charge is 2.39. The quantitative estimate of drug-likeness (QED) is 0.284. The first-order chi connectivity index (χ1) is 21.0. The predicted molar refractivity (Wildman–Crippen MR) is 166 cm³/mol. The standard InChI is InChI=1S/C35H46N4O4/c40-32-33(41)38(22-19-27-12-4-1-5-13-27)30(25-36-32)18-10-11-21-37-26-31(24-29-16-8-3-9-17-29)39(35(43)34(37)42)23-20-28-14-6-2-7-15-28/h2-3,6-9,14-17,27,30-31H,1,4-5,10-13,18-26H2,(H,36,40)/t30-,31-/m0/s1. The number of nitrogens with zero attached hydrogens (tertiary/aromatic N) is 3. The zero-order chi connectivity index (χ0) is 30.0. The monoisotopic (exact) mass is 586 g/mol. The van der Waals surface area contributed by atoms with Gasteiger partial charge in [-0.3, -0.25) is 19.2 Å². The van der Waals surface area contributed by atoms with Gasteiger partial charge in [-0.05, 0) is 55.6 Å². The van der Waals surface area contributed by atoms with Crippen LogP contribution >= 0.6 is 0 Å². The molecule has 3 aliphatic rings. The average Bonchev–Trinajstić information content (AvgIpc) is 3.04. The molecule has 2 aromatic rings. The van der Waals surface area contributed by atoms with E-state index >= 15 is 0 Å². The van der Waals surface area contributed by atoms with E-state index in [2.05, 4.69) is 29.6 Å². The summed E-state index contributed by atoms with van der Waals surface area (Å²) < 4.78 is 0. The number of nitrogens with one attached hydrogen (secondary N) is 1. The molecule has 3 fully saturated rings. The number of unbranched alkanes of at least 4 members (excludes halogenated alkanes) is 1. The Morgan fingerprint density at radius 1 is 0.651 bits per heavy atom. The summed E-state index contributed by atoms with van der Waals surface area (Å²) in [4.78, 5) is 56.8. The molecule has 230 valence electrons. The van der Waals surface area contributed by atoms with E-state index in [1.807, 2.05) is 36.4 Å². The van der Waals surface area contributed by atoms with Gasteiger partial charge in [0.05, 0.1) is 6.04 Å². The summed E-state index contributed by atoms with van der Waals surface area (Å²) in [7, 11) is 0. The van der Waals surface area contributed by atoms with Gasteiger partial charge in [0.1, 0.15) is 0 Å². The molecule has 2 atom stereocenters. The SMILES string of the molecule is O=C1NC[C@H](CCCCN2C[C@H](Cc3ccccc3)N(CCc3ccccc3)C(=O)C2=O)N(CCC2CCCCC2)C1=O. The third-order valence-corrected chi connectivity index (χ3v) is 9.51. The van der Waals surface area contributed by atoms with Crippen LogP contribution in [-0.2, 0) is 32.0 Å². The largest absolute Gasteiger partial charge is 0.346 e. The first kappa shape index (κ1) is 30.8. The van der Waals surface area contributed by atoms with Crippen LogP contribution in [0.2, 0.25) is 0 Å². The predicted octanol–water partition coefficient (Wildman–Crippen LogP) is 3.98. The lowest BCUT2D eigenvalue weighted by molar-refractivity contribution is -0.159. The van der Waals surface area contributed by atoms with Gasteiger partial charge in [-0.25, -0.2) is 0 Å². The summed E-state index contributed by atoms with van der Waals surface area (Å²) >= 11 is 0. The molecule has 2 saturated heterocycles. The normalized spacial score (nSPS) is 21.8. The Morgan fingerprint density at radius 3 is 2.05 bits per heavy atom. The molecule has 8 heteroatoms. The van der Waals surface area contributed by atoms with Crippen LogP contribution in [0.25, 0.3) is 0 Å². The number of hydrogen-bond donors (Lipinski definition) is 1. The Balaban J connectivity index is 1.16. The minimum Gasteiger partial charge on any atom is -0.346 e. The zero-order valence-electron chi connectivity index (χ0n) is 25.3.